The Kier molecular flexibility index (Phi) is 3.12. The van der Waals surface area contributed by atoms with Crippen LogP contribution in [0.3, 0.4) is 0 Å². The van der Waals surface area contributed by atoms with Crippen molar-refractivity contribution in [3.05, 3.63) is 66.4 Å². The predicted octanol–water partition coefficient (Wildman–Crippen LogP) is 3.49. The van der Waals surface area contributed by atoms with Gasteiger partial charge in [0.2, 0.25) is 0 Å². The van der Waals surface area contributed by atoms with Crippen molar-refractivity contribution >= 4 is 10.9 Å². The van der Waals surface area contributed by atoms with Gasteiger partial charge in [-0.05, 0) is 42.0 Å². The Morgan fingerprint density at radius 2 is 1.79 bits per heavy atom. The second kappa shape index (κ2) is 5.08. The van der Waals surface area contributed by atoms with Crippen LogP contribution in [-0.4, -0.2) is 4.98 Å². The molecule has 0 bridgehead atoms. The maximum atomic E-state index is 5.80. The molecule has 0 saturated heterocycles. The van der Waals surface area contributed by atoms with Crippen molar-refractivity contribution in [1.29, 1.82) is 0 Å². The first kappa shape index (κ1) is 11.7. The molecule has 3 nitrogen and oxygen atoms in total. The second-order valence-corrected chi connectivity index (χ2v) is 4.32. The number of fused-ring (bicyclic) bond motifs is 1. The van der Waals surface area contributed by atoms with E-state index in [0.717, 1.165) is 28.0 Å². The maximum absolute atomic E-state index is 5.80. The number of nitrogens with zero attached hydrogens (tertiary/aromatic N) is 1. The average molecular weight is 250 g/mol. The number of aromatic nitrogens is 1. The minimum Gasteiger partial charge on any atom is -0.457 e. The summed E-state index contributed by atoms with van der Waals surface area (Å²) in [6.45, 7) is 0.493. The van der Waals surface area contributed by atoms with E-state index < -0.39 is 0 Å². The van der Waals surface area contributed by atoms with Crippen LogP contribution in [-0.2, 0) is 6.54 Å². The molecule has 0 fully saturated rings. The molecule has 0 spiro atoms. The van der Waals surface area contributed by atoms with Gasteiger partial charge in [-0.2, -0.15) is 0 Å². The third-order valence-electron chi connectivity index (χ3n) is 2.92. The van der Waals surface area contributed by atoms with Gasteiger partial charge >= 0.3 is 0 Å². The molecule has 2 aromatic carbocycles. The average Bonchev–Trinajstić information content (AvgIpc) is 2.47. The van der Waals surface area contributed by atoms with Crippen molar-refractivity contribution in [2.75, 3.05) is 0 Å². The van der Waals surface area contributed by atoms with E-state index in [1.807, 2.05) is 54.6 Å². The number of hydrogen-bond acceptors (Lipinski definition) is 3. The number of para-hydroxylation sites is 1. The minimum absolute atomic E-state index is 0.493. The fraction of sp³-hybridized carbons (Fsp3) is 0.0625. The standard InChI is InChI=1S/C16H14N2O/c17-10-12-8-13-9-15(6-7-16(13)18-11-12)19-14-4-2-1-3-5-14/h1-9,11H,10,17H2. The van der Waals surface area contributed by atoms with Gasteiger partial charge in [-0.1, -0.05) is 18.2 Å². The largest absolute Gasteiger partial charge is 0.457 e. The van der Waals surface area contributed by atoms with Crippen LogP contribution in [0.2, 0.25) is 0 Å². The fourth-order valence-corrected chi connectivity index (χ4v) is 1.95. The molecule has 0 aliphatic rings. The normalized spacial score (nSPS) is 10.6. The van der Waals surface area contributed by atoms with Crippen LogP contribution in [0, 0.1) is 0 Å². The van der Waals surface area contributed by atoms with Gasteiger partial charge in [0.05, 0.1) is 5.52 Å². The first-order chi connectivity index (χ1) is 9.35. The number of benzene rings is 2. The first-order valence-corrected chi connectivity index (χ1v) is 6.17. The summed E-state index contributed by atoms with van der Waals surface area (Å²) in [5.41, 5.74) is 7.59. The van der Waals surface area contributed by atoms with Gasteiger partial charge < -0.3 is 10.5 Å². The van der Waals surface area contributed by atoms with Gasteiger partial charge in [-0.3, -0.25) is 4.98 Å². The van der Waals surface area contributed by atoms with E-state index in [4.69, 9.17) is 10.5 Å². The summed E-state index contributed by atoms with van der Waals surface area (Å²) < 4.78 is 5.80. The lowest BCUT2D eigenvalue weighted by molar-refractivity contribution is 0.483. The van der Waals surface area contributed by atoms with E-state index in [9.17, 15) is 0 Å². The van der Waals surface area contributed by atoms with Crippen LogP contribution >= 0.6 is 0 Å². The Balaban J connectivity index is 1.96. The highest BCUT2D eigenvalue weighted by Gasteiger charge is 2.01. The molecule has 1 heterocycles. The third-order valence-corrected chi connectivity index (χ3v) is 2.92. The summed E-state index contributed by atoms with van der Waals surface area (Å²) in [6.07, 6.45) is 1.81. The molecule has 0 amide bonds. The SMILES string of the molecule is NCc1cnc2ccc(Oc3ccccc3)cc2c1. The lowest BCUT2D eigenvalue weighted by atomic mass is 10.1. The molecule has 0 saturated carbocycles. The Morgan fingerprint density at radius 1 is 0.947 bits per heavy atom. The maximum Gasteiger partial charge on any atom is 0.128 e. The Labute approximate surface area is 111 Å². The topological polar surface area (TPSA) is 48.1 Å². The van der Waals surface area contributed by atoms with Crippen LogP contribution < -0.4 is 10.5 Å². The number of rotatable bonds is 3. The summed E-state index contributed by atoms with van der Waals surface area (Å²) in [5, 5.41) is 1.04. The molecule has 0 unspecified atom stereocenters. The van der Waals surface area contributed by atoms with Crippen molar-refractivity contribution in [3.8, 4) is 11.5 Å². The van der Waals surface area contributed by atoms with Crippen LogP contribution in [0.4, 0.5) is 0 Å². The first-order valence-electron chi connectivity index (χ1n) is 6.17. The van der Waals surface area contributed by atoms with E-state index in [-0.39, 0.29) is 0 Å². The molecule has 0 atom stereocenters. The van der Waals surface area contributed by atoms with Crippen molar-refractivity contribution < 1.29 is 4.74 Å². The second-order valence-electron chi connectivity index (χ2n) is 4.32. The highest BCUT2D eigenvalue weighted by atomic mass is 16.5. The smallest absolute Gasteiger partial charge is 0.128 e. The highest BCUT2D eigenvalue weighted by molar-refractivity contribution is 5.80. The summed E-state index contributed by atoms with van der Waals surface area (Å²) in [5.74, 6) is 1.62. The van der Waals surface area contributed by atoms with Gasteiger partial charge in [0.25, 0.3) is 0 Å². The summed E-state index contributed by atoms with van der Waals surface area (Å²) in [4.78, 5) is 4.36. The molecule has 3 rings (SSSR count). The molecule has 0 radical (unpaired) electrons. The van der Waals surface area contributed by atoms with E-state index in [0.29, 0.717) is 6.54 Å². The van der Waals surface area contributed by atoms with Crippen molar-refractivity contribution in [1.82, 2.24) is 4.98 Å². The van der Waals surface area contributed by atoms with Crippen LogP contribution in [0.1, 0.15) is 5.56 Å². The van der Waals surface area contributed by atoms with Crippen molar-refractivity contribution in [3.63, 3.8) is 0 Å². The molecule has 3 heteroatoms. The fourth-order valence-electron chi connectivity index (χ4n) is 1.95. The third kappa shape index (κ3) is 2.56. The van der Waals surface area contributed by atoms with Gasteiger partial charge in [0, 0.05) is 18.1 Å². The Morgan fingerprint density at radius 3 is 2.58 bits per heavy atom. The molecule has 1 aromatic heterocycles. The van der Waals surface area contributed by atoms with Crippen molar-refractivity contribution in [2.24, 2.45) is 5.73 Å². The lowest BCUT2D eigenvalue weighted by Crippen LogP contribution is -1.96. The van der Waals surface area contributed by atoms with Gasteiger partial charge in [0.1, 0.15) is 11.5 Å². The van der Waals surface area contributed by atoms with E-state index >= 15 is 0 Å². The number of pyridine rings is 1. The van der Waals surface area contributed by atoms with Gasteiger partial charge in [-0.15, -0.1) is 0 Å². The zero-order chi connectivity index (χ0) is 13.1. The predicted molar refractivity (Wildman–Crippen MR) is 76.2 cm³/mol. The van der Waals surface area contributed by atoms with Crippen LogP contribution in [0.25, 0.3) is 10.9 Å². The number of hydrogen-bond donors (Lipinski definition) is 1. The van der Waals surface area contributed by atoms with Crippen LogP contribution in [0.15, 0.2) is 60.8 Å². The quantitative estimate of drug-likeness (QED) is 0.774. The Bertz CT molecular complexity index is 695. The lowest BCUT2D eigenvalue weighted by Gasteiger charge is -2.07. The highest BCUT2D eigenvalue weighted by Crippen LogP contribution is 2.25. The summed E-state index contributed by atoms with van der Waals surface area (Å²) >= 11 is 0. The zero-order valence-electron chi connectivity index (χ0n) is 10.4. The summed E-state index contributed by atoms with van der Waals surface area (Å²) in [6, 6.07) is 17.6. The molecule has 3 aromatic rings. The minimum atomic E-state index is 0.493. The molecular formula is C16H14N2O. The molecular weight excluding hydrogens is 236 g/mol. The van der Waals surface area contributed by atoms with E-state index in [1.54, 1.807) is 6.20 Å². The van der Waals surface area contributed by atoms with E-state index in [1.165, 1.54) is 0 Å². The monoisotopic (exact) mass is 250 g/mol. The molecule has 94 valence electrons. The van der Waals surface area contributed by atoms with Crippen LogP contribution in [0.5, 0.6) is 11.5 Å². The van der Waals surface area contributed by atoms with Gasteiger partial charge in [0.15, 0.2) is 0 Å². The molecule has 0 aliphatic heterocycles. The molecule has 0 aliphatic carbocycles. The Hall–Kier alpha value is -2.39. The van der Waals surface area contributed by atoms with E-state index in [2.05, 4.69) is 4.98 Å². The summed E-state index contributed by atoms with van der Waals surface area (Å²) in [7, 11) is 0. The number of nitrogens with two attached hydrogens (primary N) is 1. The van der Waals surface area contributed by atoms with Gasteiger partial charge in [-0.25, -0.2) is 0 Å². The van der Waals surface area contributed by atoms with Crippen molar-refractivity contribution in [2.45, 2.75) is 6.54 Å². The zero-order valence-corrected chi connectivity index (χ0v) is 10.4. The molecule has 19 heavy (non-hydrogen) atoms. The number of ether oxygens (including phenoxy) is 1. The molecule has 2 N–H and O–H groups in total.